The fraction of sp³-hybridized carbons (Fsp3) is 0.667. The van der Waals surface area contributed by atoms with Crippen LogP contribution in [0.5, 0.6) is 5.75 Å². The van der Waals surface area contributed by atoms with Gasteiger partial charge in [0.25, 0.3) is 0 Å². The summed E-state index contributed by atoms with van der Waals surface area (Å²) in [6.07, 6.45) is 6.54. The van der Waals surface area contributed by atoms with E-state index in [0.717, 1.165) is 48.3 Å². The number of hydrogen-bond donors (Lipinski definition) is 3. The first-order chi connectivity index (χ1) is 40.8. The third kappa shape index (κ3) is 26.9. The van der Waals surface area contributed by atoms with Gasteiger partial charge in [0, 0.05) is 56.7 Å². The summed E-state index contributed by atoms with van der Waals surface area (Å²) in [7, 11) is 0. The van der Waals surface area contributed by atoms with E-state index in [2.05, 4.69) is 26.9 Å². The SMILES string of the molecule is CCCN(CCCNC(=O)OC1CCC1)C(=O)C1=Cc2sc(C#CC3CCN(C(=O)CCOCCOCCOC(CO)OCCOCCOCCOCCOCCOCCOCCC(=O)Oc4c(F)c(F)cc(F)c4F)CC3)cc2N=C(N)C1. The van der Waals surface area contributed by atoms with Crippen molar-refractivity contribution in [1.82, 2.24) is 15.1 Å². The van der Waals surface area contributed by atoms with Crippen LogP contribution in [0.1, 0.15) is 80.9 Å². The van der Waals surface area contributed by atoms with Crippen molar-refractivity contribution in [2.75, 3.05) is 158 Å². The molecule has 1 saturated heterocycles. The summed E-state index contributed by atoms with van der Waals surface area (Å²) in [6, 6.07) is 1.92. The monoisotopic (exact) mass is 1220 g/mol. The fourth-order valence-corrected chi connectivity index (χ4v) is 9.12. The number of alkyl carbamates (subject to hydrolysis) is 1. The summed E-state index contributed by atoms with van der Waals surface area (Å²) in [5, 5.41) is 12.4. The maximum atomic E-state index is 13.7. The van der Waals surface area contributed by atoms with Crippen LogP contribution in [0.4, 0.5) is 28.0 Å². The number of nitrogens with one attached hydrogen (secondary N) is 1. The molecule has 0 bridgehead atoms. The topological polar surface area (TPSA) is 256 Å². The van der Waals surface area contributed by atoms with Gasteiger partial charge in [-0.1, -0.05) is 18.8 Å². The molecule has 4 N–H and O–H groups in total. The Bertz CT molecular complexity index is 2410. The molecule has 3 aliphatic rings. The van der Waals surface area contributed by atoms with Gasteiger partial charge in [0.1, 0.15) is 11.9 Å². The van der Waals surface area contributed by atoms with E-state index in [9.17, 15) is 41.8 Å². The van der Waals surface area contributed by atoms with Crippen LogP contribution in [-0.2, 0) is 66.5 Å². The maximum Gasteiger partial charge on any atom is 0.407 e. The molecule has 1 aromatic heterocycles. The van der Waals surface area contributed by atoms with Gasteiger partial charge in [-0.2, -0.15) is 8.78 Å². The number of fused-ring (bicyclic) bond motifs is 1. The highest BCUT2D eigenvalue weighted by molar-refractivity contribution is 7.14. The highest BCUT2D eigenvalue weighted by Gasteiger charge is 2.26. The van der Waals surface area contributed by atoms with Crippen LogP contribution in [0.15, 0.2) is 22.7 Å². The van der Waals surface area contributed by atoms with Crippen LogP contribution in [0.25, 0.3) is 6.08 Å². The van der Waals surface area contributed by atoms with Gasteiger partial charge in [-0.15, -0.1) is 11.3 Å². The predicted octanol–water partition coefficient (Wildman–Crippen LogP) is 5.45. The second-order valence-corrected chi connectivity index (χ2v) is 20.4. The summed E-state index contributed by atoms with van der Waals surface area (Å²) >= 11 is 1.47. The van der Waals surface area contributed by atoms with Crippen molar-refractivity contribution in [2.24, 2.45) is 16.6 Å². The van der Waals surface area contributed by atoms with E-state index in [0.29, 0.717) is 116 Å². The Balaban J connectivity index is 0.777. The number of carbonyl (C=O) groups excluding carboxylic acids is 4. The number of carbonyl (C=O) groups is 4. The molecule has 470 valence electrons. The maximum absolute atomic E-state index is 13.7. The lowest BCUT2D eigenvalue weighted by molar-refractivity contribution is -0.176. The number of thiophene rings is 1. The highest BCUT2D eigenvalue weighted by Crippen LogP contribution is 2.35. The molecule has 3 heterocycles. The average molecular weight is 1220 g/mol. The van der Waals surface area contributed by atoms with E-state index in [1.165, 1.54) is 11.3 Å². The van der Waals surface area contributed by atoms with Gasteiger partial charge < -0.3 is 82.8 Å². The van der Waals surface area contributed by atoms with E-state index in [1.807, 2.05) is 24.0 Å². The van der Waals surface area contributed by atoms with Gasteiger partial charge in [0.2, 0.25) is 29.2 Å². The highest BCUT2D eigenvalue weighted by atomic mass is 32.1. The van der Waals surface area contributed by atoms with Crippen molar-refractivity contribution in [3.63, 3.8) is 0 Å². The Labute approximate surface area is 491 Å². The molecule has 1 unspecified atom stereocenters. The molecule has 1 saturated carbocycles. The van der Waals surface area contributed by atoms with Gasteiger partial charge in [-0.3, -0.25) is 14.4 Å². The van der Waals surface area contributed by atoms with Crippen molar-refractivity contribution < 1.29 is 98.7 Å². The zero-order chi connectivity index (χ0) is 60.2. The van der Waals surface area contributed by atoms with Gasteiger partial charge in [0.05, 0.1) is 154 Å². The number of halogens is 4. The number of hydrogen-bond acceptors (Lipinski definition) is 20. The molecule has 2 aliphatic heterocycles. The number of aliphatic hydroxyl groups is 1. The number of nitrogens with zero attached hydrogens (tertiary/aromatic N) is 3. The minimum atomic E-state index is -1.81. The number of aliphatic hydroxyl groups excluding tert-OH is 1. The number of amidine groups is 1. The normalized spacial score (nSPS) is 14.8. The summed E-state index contributed by atoms with van der Waals surface area (Å²) in [4.78, 5) is 60.3. The third-order valence-electron chi connectivity index (χ3n) is 12.8. The zero-order valence-electron chi connectivity index (χ0n) is 47.8. The van der Waals surface area contributed by atoms with Crippen LogP contribution in [-0.4, -0.2) is 215 Å². The number of aliphatic imine (C=N–C) groups is 1. The van der Waals surface area contributed by atoms with Crippen LogP contribution in [0.2, 0.25) is 0 Å². The zero-order valence-corrected chi connectivity index (χ0v) is 48.6. The fourth-order valence-electron chi connectivity index (χ4n) is 8.19. The Morgan fingerprint density at radius 2 is 1.29 bits per heavy atom. The van der Waals surface area contributed by atoms with Crippen LogP contribution in [0, 0.1) is 41.0 Å². The number of ether oxygens (including phenoxy) is 12. The molecule has 0 radical (unpaired) electrons. The summed E-state index contributed by atoms with van der Waals surface area (Å²) in [5.41, 5.74) is 7.56. The average Bonchev–Trinajstić information content (AvgIpc) is 3.69. The van der Waals surface area contributed by atoms with Gasteiger partial charge in [-0.05, 0) is 57.1 Å². The molecule has 84 heavy (non-hydrogen) atoms. The van der Waals surface area contributed by atoms with Crippen molar-refractivity contribution in [3.05, 3.63) is 50.7 Å². The predicted molar refractivity (Wildman–Crippen MR) is 298 cm³/mol. The van der Waals surface area contributed by atoms with E-state index < -0.39 is 53.8 Å². The Morgan fingerprint density at radius 1 is 0.750 bits per heavy atom. The first-order valence-electron chi connectivity index (χ1n) is 28.5. The third-order valence-corrected chi connectivity index (χ3v) is 13.8. The summed E-state index contributed by atoms with van der Waals surface area (Å²) in [6.45, 7) is 8.93. The van der Waals surface area contributed by atoms with Gasteiger partial charge in [-0.25, -0.2) is 18.6 Å². The quantitative estimate of drug-likeness (QED) is 0.0142. The van der Waals surface area contributed by atoms with Crippen LogP contribution in [0.3, 0.4) is 0 Å². The number of nitrogens with two attached hydrogens (primary N) is 1. The molecule has 1 aliphatic carbocycles. The summed E-state index contributed by atoms with van der Waals surface area (Å²) in [5.74, 6) is -2.45. The Hall–Kier alpha value is -5.35. The molecule has 3 amide bonds. The van der Waals surface area contributed by atoms with E-state index in [-0.39, 0.29) is 109 Å². The number of piperidine rings is 1. The Kier molecular flexibility index (Phi) is 33.8. The smallest absolute Gasteiger partial charge is 0.407 e. The van der Waals surface area contributed by atoms with E-state index in [1.54, 1.807) is 4.90 Å². The molecular formula is C57H81F4N5O17S. The number of likely N-dealkylation sites (tertiary alicyclic amines) is 1. The standard InChI is InChI=1S/C57H81F4N5O17S/c1-2-14-66(15-4-13-63-57(71)82-43-5-3-6-43)56(70)42-36-48-47(64-49(62)37-42)38-44(84-48)8-7-41-9-16-65(17-10-41)50(68)11-18-72-20-23-78-32-34-80-52(40-67)81-35-33-79-31-30-77-29-28-76-27-26-75-25-24-74-22-21-73-19-12-51(69)83-55-53(60)45(58)39-46(59)54(55)61/h36,38-39,41,43,52,67H,2-6,9-35,37,40H2,1H3,(H2,62,64)(H,63,71). The lowest BCUT2D eigenvalue weighted by atomic mass is 9.96. The first-order valence-corrected chi connectivity index (χ1v) is 29.4. The number of esters is 1. The molecular weight excluding hydrogens is 1130 g/mol. The first kappa shape index (κ1) is 69.4. The lowest BCUT2D eigenvalue weighted by Crippen LogP contribution is -2.38. The van der Waals surface area contributed by atoms with Crippen molar-refractivity contribution in [3.8, 4) is 17.6 Å². The largest absolute Gasteiger partial charge is 0.446 e. The Morgan fingerprint density at radius 3 is 1.81 bits per heavy atom. The van der Waals surface area contributed by atoms with Crippen molar-refractivity contribution in [2.45, 2.75) is 83.5 Å². The molecule has 27 heteroatoms. The second kappa shape index (κ2) is 40.9. The van der Waals surface area contributed by atoms with Crippen molar-refractivity contribution in [1.29, 1.82) is 0 Å². The minimum Gasteiger partial charge on any atom is -0.446 e. The summed E-state index contributed by atoms with van der Waals surface area (Å²) < 4.78 is 118. The molecule has 2 fully saturated rings. The number of amides is 3. The van der Waals surface area contributed by atoms with Gasteiger partial charge >= 0.3 is 12.1 Å². The van der Waals surface area contributed by atoms with Gasteiger partial charge in [0.15, 0.2) is 17.9 Å². The van der Waals surface area contributed by atoms with E-state index >= 15 is 0 Å². The molecule has 1 atom stereocenters. The van der Waals surface area contributed by atoms with Crippen LogP contribution < -0.4 is 15.8 Å². The molecule has 2 aromatic rings. The number of benzene rings is 1. The molecule has 5 rings (SSSR count). The number of rotatable bonds is 42. The second-order valence-electron chi connectivity index (χ2n) is 19.3. The van der Waals surface area contributed by atoms with Crippen LogP contribution >= 0.6 is 11.3 Å². The molecule has 22 nitrogen and oxygen atoms in total. The van der Waals surface area contributed by atoms with E-state index in [4.69, 9.17) is 57.8 Å². The minimum absolute atomic E-state index is 0.0104. The molecule has 0 spiro atoms. The lowest BCUT2D eigenvalue weighted by Gasteiger charge is -2.29. The van der Waals surface area contributed by atoms with Crippen molar-refractivity contribution >= 4 is 52.8 Å². The molecule has 1 aromatic carbocycles.